The quantitative estimate of drug-likeness (QED) is 0.348. The highest BCUT2D eigenvalue weighted by Crippen LogP contribution is 2.32. The molecule has 2 aliphatic rings. The second-order valence-electron chi connectivity index (χ2n) is 9.29. The Kier molecular flexibility index (Phi) is 7.11. The zero-order valence-electron chi connectivity index (χ0n) is 20.7. The molecule has 5 rings (SSSR count). The predicted octanol–water partition coefficient (Wildman–Crippen LogP) is 1.46. The van der Waals surface area contributed by atoms with Gasteiger partial charge in [0.2, 0.25) is 5.91 Å². The highest BCUT2D eigenvalue weighted by Gasteiger charge is 2.41. The van der Waals surface area contributed by atoms with Crippen molar-refractivity contribution >= 4 is 55.0 Å². The number of likely N-dealkylation sites (tertiary alicyclic amines) is 1. The first-order valence-electron chi connectivity index (χ1n) is 12.2. The fourth-order valence-corrected chi connectivity index (χ4v) is 7.37. The average molecular weight is 561 g/mol. The summed E-state index contributed by atoms with van der Waals surface area (Å²) in [5.74, 6) is -1.04. The standard InChI is InChI=1S/C24H28N6O6S2/c1-36-19-12-16-14(4-6-26-21(16)25)10-15(19)11-18(23(32)33)30-9-5-17(22(30)31)28-38(34,35)20-13-27-24(37-20)29-7-2-3-8-29/h4,6,10,12-13,17-18,28H,2-3,5,7-9,11H2,1H3,(H2,25,26)(H,32,33). The van der Waals surface area contributed by atoms with Gasteiger partial charge in [0.05, 0.1) is 13.3 Å². The number of sulfonamides is 1. The Bertz CT molecular complexity index is 1490. The number of pyridine rings is 1. The smallest absolute Gasteiger partial charge is 0.326 e. The number of nitrogens with two attached hydrogens (primary N) is 1. The molecule has 0 saturated carbocycles. The number of anilines is 2. The van der Waals surface area contributed by atoms with Gasteiger partial charge in [0.15, 0.2) is 9.34 Å². The topological polar surface area (TPSA) is 168 Å². The number of carbonyl (C=O) groups is 2. The first kappa shape index (κ1) is 26.1. The van der Waals surface area contributed by atoms with Crippen molar-refractivity contribution in [2.24, 2.45) is 0 Å². The van der Waals surface area contributed by atoms with E-state index < -0.39 is 34.0 Å². The number of rotatable bonds is 9. The zero-order chi connectivity index (χ0) is 27.0. The van der Waals surface area contributed by atoms with E-state index in [1.165, 1.54) is 18.2 Å². The number of benzene rings is 1. The van der Waals surface area contributed by atoms with E-state index in [0.717, 1.165) is 42.7 Å². The number of fused-ring (bicyclic) bond motifs is 1. The maximum Gasteiger partial charge on any atom is 0.326 e. The van der Waals surface area contributed by atoms with Crippen molar-refractivity contribution in [2.75, 3.05) is 37.4 Å². The number of hydrogen-bond acceptors (Lipinski definition) is 10. The molecule has 2 atom stereocenters. The minimum atomic E-state index is -4.01. The summed E-state index contributed by atoms with van der Waals surface area (Å²) >= 11 is 1.06. The molecule has 0 spiro atoms. The number of nitrogens with one attached hydrogen (secondary N) is 1. The molecular weight excluding hydrogens is 532 g/mol. The van der Waals surface area contributed by atoms with E-state index in [2.05, 4.69) is 14.7 Å². The lowest BCUT2D eigenvalue weighted by Gasteiger charge is -2.25. The normalized spacial score (nSPS) is 18.9. The highest BCUT2D eigenvalue weighted by atomic mass is 32.2. The summed E-state index contributed by atoms with van der Waals surface area (Å²) in [6, 6.07) is 2.94. The molecule has 2 unspecified atom stereocenters. The SMILES string of the molecule is COc1cc2c(N)nccc2cc1CC(C(=O)O)N1CCC(NS(=O)(=O)c2cnc(N3CCCC3)s2)C1=O. The summed E-state index contributed by atoms with van der Waals surface area (Å²) in [5, 5.41) is 12.1. The summed E-state index contributed by atoms with van der Waals surface area (Å²) in [4.78, 5) is 37.1. The van der Waals surface area contributed by atoms with Crippen LogP contribution in [0.2, 0.25) is 0 Å². The summed E-state index contributed by atoms with van der Waals surface area (Å²) in [5.41, 5.74) is 6.54. The number of thiazole rings is 1. The number of methoxy groups -OCH3 is 1. The van der Waals surface area contributed by atoms with Gasteiger partial charge in [0.1, 0.15) is 23.7 Å². The van der Waals surface area contributed by atoms with Gasteiger partial charge in [-0.2, -0.15) is 4.72 Å². The average Bonchev–Trinajstić information content (AvgIpc) is 3.65. The van der Waals surface area contributed by atoms with E-state index in [-0.39, 0.29) is 23.6 Å². The van der Waals surface area contributed by atoms with Crippen LogP contribution in [0.3, 0.4) is 0 Å². The minimum Gasteiger partial charge on any atom is -0.496 e. The molecule has 3 aromatic rings. The number of aromatic nitrogens is 2. The Morgan fingerprint density at radius 3 is 2.76 bits per heavy atom. The Hall–Kier alpha value is -3.49. The van der Waals surface area contributed by atoms with Crippen molar-refractivity contribution in [3.8, 4) is 5.75 Å². The Morgan fingerprint density at radius 2 is 2.05 bits per heavy atom. The molecule has 38 heavy (non-hydrogen) atoms. The molecule has 2 aromatic heterocycles. The number of carbonyl (C=O) groups excluding carboxylic acids is 1. The van der Waals surface area contributed by atoms with Crippen LogP contribution in [-0.4, -0.2) is 79.1 Å². The van der Waals surface area contributed by atoms with Crippen molar-refractivity contribution in [3.05, 3.63) is 36.2 Å². The molecule has 0 bridgehead atoms. The third-order valence-electron chi connectivity index (χ3n) is 6.92. The second kappa shape index (κ2) is 10.3. The minimum absolute atomic E-state index is 0.0232. The van der Waals surface area contributed by atoms with E-state index in [9.17, 15) is 23.1 Å². The first-order chi connectivity index (χ1) is 18.2. The molecule has 202 valence electrons. The monoisotopic (exact) mass is 560 g/mol. The second-order valence-corrected chi connectivity index (χ2v) is 12.2. The van der Waals surface area contributed by atoms with Gasteiger partial charge in [-0.15, -0.1) is 0 Å². The number of carboxylic acids is 1. The lowest BCUT2D eigenvalue weighted by molar-refractivity contribution is -0.148. The van der Waals surface area contributed by atoms with Gasteiger partial charge >= 0.3 is 5.97 Å². The van der Waals surface area contributed by atoms with Crippen molar-refractivity contribution in [1.29, 1.82) is 0 Å². The number of nitrogen functional groups attached to an aromatic ring is 1. The molecule has 1 amide bonds. The number of aliphatic carboxylic acids is 1. The number of hydrogen-bond donors (Lipinski definition) is 3. The first-order valence-corrected chi connectivity index (χ1v) is 14.5. The third kappa shape index (κ3) is 4.98. The van der Waals surface area contributed by atoms with E-state index in [0.29, 0.717) is 27.6 Å². The van der Waals surface area contributed by atoms with E-state index in [1.54, 1.807) is 24.4 Å². The summed E-state index contributed by atoms with van der Waals surface area (Å²) in [6.07, 6.45) is 5.04. The number of ether oxygens (including phenoxy) is 1. The third-order valence-corrected chi connectivity index (χ3v) is 9.91. The molecule has 1 aromatic carbocycles. The van der Waals surface area contributed by atoms with Crippen LogP contribution in [0.5, 0.6) is 5.75 Å². The van der Waals surface area contributed by atoms with Crippen LogP contribution in [0.15, 0.2) is 34.8 Å². The van der Waals surface area contributed by atoms with Crippen molar-refractivity contribution in [2.45, 2.75) is 42.0 Å². The number of carboxylic acid groups (broad SMARTS) is 1. The van der Waals surface area contributed by atoms with Gasteiger partial charge in [0.25, 0.3) is 10.0 Å². The van der Waals surface area contributed by atoms with Gasteiger partial charge in [-0.3, -0.25) is 4.79 Å². The van der Waals surface area contributed by atoms with Crippen LogP contribution in [0, 0.1) is 0 Å². The highest BCUT2D eigenvalue weighted by molar-refractivity contribution is 7.91. The number of amides is 1. The number of nitrogens with zero attached hydrogens (tertiary/aromatic N) is 4. The van der Waals surface area contributed by atoms with Crippen LogP contribution in [0.1, 0.15) is 24.8 Å². The Balaban J connectivity index is 1.33. The van der Waals surface area contributed by atoms with Gasteiger partial charge in [-0.1, -0.05) is 11.3 Å². The van der Waals surface area contributed by atoms with Crippen LogP contribution in [0.25, 0.3) is 10.8 Å². The fourth-order valence-electron chi connectivity index (χ4n) is 4.96. The fraction of sp³-hybridized carbons (Fsp3) is 0.417. The zero-order valence-corrected chi connectivity index (χ0v) is 22.3. The summed E-state index contributed by atoms with van der Waals surface area (Å²) in [7, 11) is -2.54. The Labute approximate surface area is 223 Å². The van der Waals surface area contributed by atoms with E-state index >= 15 is 0 Å². The van der Waals surface area contributed by atoms with Gasteiger partial charge < -0.3 is 25.4 Å². The molecule has 2 saturated heterocycles. The van der Waals surface area contributed by atoms with Crippen molar-refractivity contribution in [1.82, 2.24) is 19.6 Å². The van der Waals surface area contributed by atoms with Crippen LogP contribution in [-0.2, 0) is 26.0 Å². The van der Waals surface area contributed by atoms with Crippen LogP contribution >= 0.6 is 11.3 Å². The Morgan fingerprint density at radius 1 is 1.29 bits per heavy atom. The van der Waals surface area contributed by atoms with E-state index in [4.69, 9.17) is 10.5 Å². The lowest BCUT2D eigenvalue weighted by atomic mass is 10.00. The lowest BCUT2D eigenvalue weighted by Crippen LogP contribution is -2.48. The van der Waals surface area contributed by atoms with Gasteiger partial charge in [0, 0.05) is 37.6 Å². The molecule has 4 heterocycles. The van der Waals surface area contributed by atoms with Gasteiger partial charge in [-0.25, -0.2) is 23.2 Å². The van der Waals surface area contributed by atoms with Crippen LogP contribution < -0.4 is 20.1 Å². The molecule has 0 aliphatic carbocycles. The molecular formula is C24H28N6O6S2. The maximum absolute atomic E-state index is 13.2. The molecule has 14 heteroatoms. The van der Waals surface area contributed by atoms with E-state index in [1.807, 2.05) is 4.90 Å². The van der Waals surface area contributed by atoms with Crippen molar-refractivity contribution < 1.29 is 27.9 Å². The summed E-state index contributed by atoms with van der Waals surface area (Å²) in [6.45, 7) is 1.76. The maximum atomic E-state index is 13.2. The largest absolute Gasteiger partial charge is 0.496 e. The van der Waals surface area contributed by atoms with Crippen LogP contribution in [0.4, 0.5) is 10.9 Å². The predicted molar refractivity (Wildman–Crippen MR) is 142 cm³/mol. The van der Waals surface area contributed by atoms with Gasteiger partial charge in [-0.05, 0) is 48.4 Å². The molecule has 4 N–H and O–H groups in total. The summed E-state index contributed by atoms with van der Waals surface area (Å²) < 4.78 is 34.0. The van der Waals surface area contributed by atoms with Crippen molar-refractivity contribution in [3.63, 3.8) is 0 Å². The molecule has 12 nitrogen and oxygen atoms in total. The molecule has 2 fully saturated rings. The molecule has 2 aliphatic heterocycles. The molecule has 0 radical (unpaired) electrons.